The smallest absolute Gasteiger partial charge is 0.311 e. The van der Waals surface area contributed by atoms with Crippen LogP contribution < -0.4 is 0 Å². The number of aryl methyl sites for hydroxylation is 1. The normalized spacial score (nSPS) is 17.6. The van der Waals surface area contributed by atoms with Gasteiger partial charge in [0.2, 0.25) is 0 Å². The van der Waals surface area contributed by atoms with Crippen LogP contribution in [0.25, 0.3) is 0 Å². The molecule has 0 spiro atoms. The van der Waals surface area contributed by atoms with E-state index >= 15 is 0 Å². The topological polar surface area (TPSA) is 26.3 Å². The van der Waals surface area contributed by atoms with Crippen LogP contribution in [-0.2, 0) is 16.0 Å². The minimum Gasteiger partial charge on any atom is -0.465 e. The highest BCUT2D eigenvalue weighted by molar-refractivity contribution is 5.75. The maximum atomic E-state index is 11.7. The lowest BCUT2D eigenvalue weighted by molar-refractivity contribution is -0.153. The van der Waals surface area contributed by atoms with Gasteiger partial charge in [-0.2, -0.15) is 0 Å². The van der Waals surface area contributed by atoms with Crippen LogP contribution >= 0.6 is 0 Å². The maximum Gasteiger partial charge on any atom is 0.311 e. The molecule has 0 fully saturated rings. The first kappa shape index (κ1) is 18.0. The van der Waals surface area contributed by atoms with Gasteiger partial charge in [-0.3, -0.25) is 4.79 Å². The van der Waals surface area contributed by atoms with Crippen LogP contribution in [0.5, 0.6) is 0 Å². The predicted octanol–water partition coefficient (Wildman–Crippen LogP) is 5.65. The van der Waals surface area contributed by atoms with E-state index in [-0.39, 0.29) is 11.4 Å². The van der Waals surface area contributed by atoms with Crippen LogP contribution in [0.4, 0.5) is 0 Å². The number of fused-ring (bicyclic) bond motifs is 1. The Hall–Kier alpha value is -1.31. The third-order valence-corrected chi connectivity index (χ3v) is 4.79. The van der Waals surface area contributed by atoms with Gasteiger partial charge in [0.25, 0.3) is 0 Å². The van der Waals surface area contributed by atoms with Gasteiger partial charge in [-0.15, -0.1) is 0 Å². The van der Waals surface area contributed by atoms with Crippen LogP contribution in [0.3, 0.4) is 0 Å². The summed E-state index contributed by atoms with van der Waals surface area (Å²) < 4.78 is 5.31. The Morgan fingerprint density at radius 3 is 2.65 bits per heavy atom. The zero-order valence-corrected chi connectivity index (χ0v) is 15.1. The van der Waals surface area contributed by atoms with Crippen molar-refractivity contribution in [1.82, 2.24) is 0 Å². The molecular formula is C21H32O2. The van der Waals surface area contributed by atoms with Crippen molar-refractivity contribution >= 4 is 5.97 Å². The van der Waals surface area contributed by atoms with Gasteiger partial charge in [-0.05, 0) is 69.9 Å². The number of ether oxygens (including phenoxy) is 1. The van der Waals surface area contributed by atoms with Gasteiger partial charge in [0, 0.05) is 0 Å². The molecule has 23 heavy (non-hydrogen) atoms. The Morgan fingerprint density at radius 2 is 1.87 bits per heavy atom. The van der Waals surface area contributed by atoms with Gasteiger partial charge in [0.1, 0.15) is 0 Å². The fourth-order valence-electron chi connectivity index (χ4n) is 3.38. The van der Waals surface area contributed by atoms with E-state index in [9.17, 15) is 4.79 Å². The van der Waals surface area contributed by atoms with E-state index in [2.05, 4.69) is 24.3 Å². The number of esters is 1. The number of hydrogen-bond donors (Lipinski definition) is 0. The van der Waals surface area contributed by atoms with Crippen molar-refractivity contribution in [3.63, 3.8) is 0 Å². The number of unbranched alkanes of at least 4 members (excludes halogenated alkanes) is 3. The average Bonchev–Trinajstić information content (AvgIpc) is 2.53. The van der Waals surface area contributed by atoms with Crippen LogP contribution in [0, 0.1) is 5.41 Å². The fraction of sp³-hybridized carbons (Fsp3) is 0.667. The Labute approximate surface area is 141 Å². The highest BCUT2D eigenvalue weighted by atomic mass is 16.5. The monoisotopic (exact) mass is 316 g/mol. The molecule has 128 valence electrons. The van der Waals surface area contributed by atoms with Crippen LogP contribution in [0.1, 0.15) is 82.8 Å². The van der Waals surface area contributed by atoms with Crippen molar-refractivity contribution in [2.24, 2.45) is 5.41 Å². The molecule has 1 aromatic carbocycles. The van der Waals surface area contributed by atoms with Crippen molar-refractivity contribution < 1.29 is 9.53 Å². The number of rotatable bonds is 7. The lowest BCUT2D eigenvalue weighted by Gasteiger charge is -2.25. The molecule has 0 N–H and O–H groups in total. The molecular weight excluding hydrogens is 284 g/mol. The summed E-state index contributed by atoms with van der Waals surface area (Å²) in [4.78, 5) is 11.7. The van der Waals surface area contributed by atoms with Gasteiger partial charge < -0.3 is 4.74 Å². The molecule has 2 heteroatoms. The Morgan fingerprint density at radius 1 is 1.13 bits per heavy atom. The number of carbonyl (C=O) groups excluding carboxylic acids is 1. The molecule has 0 unspecified atom stereocenters. The molecule has 1 aromatic rings. The minimum atomic E-state index is -0.381. The summed E-state index contributed by atoms with van der Waals surface area (Å²) in [5, 5.41) is 0. The Kier molecular flexibility index (Phi) is 6.68. The van der Waals surface area contributed by atoms with Gasteiger partial charge >= 0.3 is 5.97 Å². The largest absolute Gasteiger partial charge is 0.465 e. The maximum absolute atomic E-state index is 11.7. The van der Waals surface area contributed by atoms with Gasteiger partial charge in [0.15, 0.2) is 0 Å². The second kappa shape index (κ2) is 8.52. The molecule has 0 heterocycles. The standard InChI is InChI=1S/C21H32O2/c1-21(2,3)20(22)23-16-9-5-4-6-11-17-13-10-14-18-12-7-8-15-19(17)18/h7-8,12,15,17H,4-6,9-11,13-14,16H2,1-3H3/t17-/m0/s1. The lowest BCUT2D eigenvalue weighted by atomic mass is 9.80. The van der Waals surface area contributed by atoms with Crippen molar-refractivity contribution in [2.75, 3.05) is 6.61 Å². The minimum absolute atomic E-state index is 0.0867. The van der Waals surface area contributed by atoms with E-state index in [0.29, 0.717) is 6.61 Å². The van der Waals surface area contributed by atoms with Gasteiger partial charge in [-0.1, -0.05) is 43.5 Å². The van der Waals surface area contributed by atoms with Gasteiger partial charge in [0.05, 0.1) is 12.0 Å². The third kappa shape index (κ3) is 5.67. The summed E-state index contributed by atoms with van der Waals surface area (Å²) in [6, 6.07) is 8.97. The summed E-state index contributed by atoms with van der Waals surface area (Å²) in [6.07, 6.45) is 9.92. The third-order valence-electron chi connectivity index (χ3n) is 4.79. The highest BCUT2D eigenvalue weighted by Crippen LogP contribution is 2.35. The Bertz CT molecular complexity index is 499. The molecule has 0 bridgehead atoms. The van der Waals surface area contributed by atoms with Crippen molar-refractivity contribution in [2.45, 2.75) is 78.1 Å². The van der Waals surface area contributed by atoms with E-state index < -0.39 is 0 Å². The second-order valence-electron chi connectivity index (χ2n) is 7.88. The van der Waals surface area contributed by atoms with Crippen molar-refractivity contribution in [1.29, 1.82) is 0 Å². The zero-order chi connectivity index (χ0) is 16.7. The summed E-state index contributed by atoms with van der Waals surface area (Å²) >= 11 is 0. The van der Waals surface area contributed by atoms with Crippen molar-refractivity contribution in [3.05, 3.63) is 35.4 Å². The summed E-state index contributed by atoms with van der Waals surface area (Å²) in [5.74, 6) is 0.676. The van der Waals surface area contributed by atoms with Crippen molar-refractivity contribution in [3.8, 4) is 0 Å². The van der Waals surface area contributed by atoms with Crippen LogP contribution in [0.2, 0.25) is 0 Å². The first-order valence-corrected chi connectivity index (χ1v) is 9.23. The SMILES string of the molecule is CC(C)(C)C(=O)OCCCCCC[C@H]1CCCc2ccccc21. The first-order valence-electron chi connectivity index (χ1n) is 9.23. The molecule has 1 atom stereocenters. The molecule has 0 amide bonds. The lowest BCUT2D eigenvalue weighted by Crippen LogP contribution is -2.23. The molecule has 2 rings (SSSR count). The van der Waals surface area contributed by atoms with E-state index in [0.717, 1.165) is 18.8 Å². The summed E-state index contributed by atoms with van der Waals surface area (Å²) in [7, 11) is 0. The molecule has 0 saturated heterocycles. The average molecular weight is 316 g/mol. The molecule has 0 aliphatic heterocycles. The van der Waals surface area contributed by atoms with Gasteiger partial charge in [-0.25, -0.2) is 0 Å². The molecule has 1 aliphatic rings. The van der Waals surface area contributed by atoms with E-state index in [1.807, 2.05) is 20.8 Å². The predicted molar refractivity (Wildman–Crippen MR) is 95.6 cm³/mol. The summed E-state index contributed by atoms with van der Waals surface area (Å²) in [6.45, 7) is 6.27. The molecule has 0 saturated carbocycles. The van der Waals surface area contributed by atoms with E-state index in [1.165, 1.54) is 38.5 Å². The zero-order valence-electron chi connectivity index (χ0n) is 15.1. The Balaban J connectivity index is 1.59. The quantitative estimate of drug-likeness (QED) is 0.480. The highest BCUT2D eigenvalue weighted by Gasteiger charge is 2.22. The van der Waals surface area contributed by atoms with E-state index in [1.54, 1.807) is 11.1 Å². The summed E-state index contributed by atoms with van der Waals surface area (Å²) in [5.41, 5.74) is 2.78. The van der Waals surface area contributed by atoms with Crippen LogP contribution in [-0.4, -0.2) is 12.6 Å². The molecule has 1 aliphatic carbocycles. The number of benzene rings is 1. The number of carbonyl (C=O) groups is 1. The van der Waals surface area contributed by atoms with Crippen LogP contribution in [0.15, 0.2) is 24.3 Å². The molecule has 0 radical (unpaired) electrons. The number of hydrogen-bond acceptors (Lipinski definition) is 2. The molecule has 0 aromatic heterocycles. The molecule has 2 nitrogen and oxygen atoms in total. The van der Waals surface area contributed by atoms with E-state index in [4.69, 9.17) is 4.74 Å². The fourth-order valence-corrected chi connectivity index (χ4v) is 3.38. The second-order valence-corrected chi connectivity index (χ2v) is 7.88. The first-order chi connectivity index (χ1) is 11.0.